The number of hydrogen-bond acceptors (Lipinski definition) is 2. The van der Waals surface area contributed by atoms with Gasteiger partial charge in [0.05, 0.1) is 6.54 Å². The molecule has 0 unspecified atom stereocenters. The van der Waals surface area contributed by atoms with E-state index in [1.807, 2.05) is 13.8 Å². The first-order valence-electron chi connectivity index (χ1n) is 4.46. The van der Waals surface area contributed by atoms with Crippen molar-refractivity contribution in [2.45, 2.75) is 26.8 Å². The lowest BCUT2D eigenvalue weighted by Crippen LogP contribution is -2.22. The molecule has 0 atom stereocenters. The van der Waals surface area contributed by atoms with E-state index in [-0.39, 0.29) is 0 Å². The minimum Gasteiger partial charge on any atom is -0.345 e. The number of aromatic amines is 1. The molecule has 0 bridgehead atoms. The van der Waals surface area contributed by atoms with Crippen LogP contribution in [0.4, 0.5) is 0 Å². The molecule has 13 heavy (non-hydrogen) atoms. The van der Waals surface area contributed by atoms with Crippen LogP contribution in [-0.4, -0.2) is 27.8 Å². The maximum absolute atomic E-state index is 10.6. The highest BCUT2D eigenvalue weighted by atomic mass is 16.1. The Hall–Kier alpha value is -1.32. The predicted octanol–water partition coefficient (Wildman–Crippen LogP) is 1.09. The predicted molar refractivity (Wildman–Crippen MR) is 50.1 cm³/mol. The molecule has 1 aromatic rings. The zero-order valence-electron chi connectivity index (χ0n) is 8.08. The maximum Gasteiger partial charge on any atom is 0.210 e. The molecular weight excluding hydrogens is 166 g/mol. The van der Waals surface area contributed by atoms with Gasteiger partial charge in [-0.25, -0.2) is 4.98 Å². The Labute approximate surface area is 78.0 Å². The van der Waals surface area contributed by atoms with Crippen LogP contribution in [0.5, 0.6) is 0 Å². The standard InChI is InChI=1S/C9H15N3O/c1-3-4-12(7-13)6-9-10-5-8(2)11-9/h5,7H,3-4,6H2,1-2H3,(H,10,11). The lowest BCUT2D eigenvalue weighted by atomic mass is 10.4. The molecule has 1 N–H and O–H groups in total. The van der Waals surface area contributed by atoms with Gasteiger partial charge in [-0.3, -0.25) is 4.79 Å². The van der Waals surface area contributed by atoms with Crippen molar-refractivity contribution in [1.82, 2.24) is 14.9 Å². The third-order valence-electron chi connectivity index (χ3n) is 1.77. The van der Waals surface area contributed by atoms with Crippen molar-refractivity contribution in [1.29, 1.82) is 0 Å². The van der Waals surface area contributed by atoms with Gasteiger partial charge in [0, 0.05) is 18.4 Å². The van der Waals surface area contributed by atoms with Crippen molar-refractivity contribution >= 4 is 6.41 Å². The molecule has 1 aromatic heterocycles. The molecule has 0 aliphatic heterocycles. The molecule has 0 radical (unpaired) electrons. The molecule has 0 fully saturated rings. The van der Waals surface area contributed by atoms with Gasteiger partial charge < -0.3 is 9.88 Å². The fraction of sp³-hybridized carbons (Fsp3) is 0.556. The van der Waals surface area contributed by atoms with Gasteiger partial charge in [-0.15, -0.1) is 0 Å². The molecule has 0 aliphatic carbocycles. The molecule has 0 aromatic carbocycles. The first kappa shape index (κ1) is 9.77. The Balaban J connectivity index is 2.51. The van der Waals surface area contributed by atoms with Crippen molar-refractivity contribution in [3.05, 3.63) is 17.7 Å². The monoisotopic (exact) mass is 181 g/mol. The molecule has 0 saturated carbocycles. The van der Waals surface area contributed by atoms with Crippen LogP contribution in [-0.2, 0) is 11.3 Å². The number of imidazole rings is 1. The smallest absolute Gasteiger partial charge is 0.210 e. The van der Waals surface area contributed by atoms with Crippen LogP contribution in [0.3, 0.4) is 0 Å². The van der Waals surface area contributed by atoms with Crippen LogP contribution >= 0.6 is 0 Å². The lowest BCUT2D eigenvalue weighted by Gasteiger charge is -2.13. The van der Waals surface area contributed by atoms with E-state index in [0.29, 0.717) is 6.54 Å². The summed E-state index contributed by atoms with van der Waals surface area (Å²) in [5.74, 6) is 0.845. The third kappa shape index (κ3) is 2.89. The second-order valence-corrected chi connectivity index (χ2v) is 3.09. The van der Waals surface area contributed by atoms with Crippen molar-refractivity contribution < 1.29 is 4.79 Å². The third-order valence-corrected chi connectivity index (χ3v) is 1.77. The van der Waals surface area contributed by atoms with Gasteiger partial charge in [0.1, 0.15) is 5.82 Å². The quantitative estimate of drug-likeness (QED) is 0.691. The highest BCUT2D eigenvalue weighted by Crippen LogP contribution is 1.99. The molecule has 0 spiro atoms. The number of amides is 1. The van der Waals surface area contributed by atoms with Crippen LogP contribution in [0.2, 0.25) is 0 Å². The fourth-order valence-electron chi connectivity index (χ4n) is 1.20. The normalized spacial score (nSPS) is 10.0. The number of aryl methyl sites for hydroxylation is 1. The Bertz CT molecular complexity index is 270. The average molecular weight is 181 g/mol. The number of hydrogen-bond donors (Lipinski definition) is 1. The summed E-state index contributed by atoms with van der Waals surface area (Å²) in [7, 11) is 0. The van der Waals surface area contributed by atoms with Gasteiger partial charge >= 0.3 is 0 Å². The Morgan fingerprint density at radius 3 is 2.92 bits per heavy atom. The van der Waals surface area contributed by atoms with E-state index in [1.165, 1.54) is 0 Å². The molecule has 4 heteroatoms. The van der Waals surface area contributed by atoms with E-state index >= 15 is 0 Å². The maximum atomic E-state index is 10.6. The molecule has 1 rings (SSSR count). The fourth-order valence-corrected chi connectivity index (χ4v) is 1.20. The molecular formula is C9H15N3O. The number of carbonyl (C=O) groups is 1. The highest BCUT2D eigenvalue weighted by Gasteiger charge is 2.03. The average Bonchev–Trinajstić information content (AvgIpc) is 2.50. The number of H-pyrrole nitrogens is 1. The summed E-state index contributed by atoms with van der Waals surface area (Å²) in [4.78, 5) is 19.5. The molecule has 0 aliphatic rings. The van der Waals surface area contributed by atoms with E-state index in [0.717, 1.165) is 30.9 Å². The minimum absolute atomic E-state index is 0.575. The first-order valence-corrected chi connectivity index (χ1v) is 4.46. The Morgan fingerprint density at radius 1 is 1.69 bits per heavy atom. The van der Waals surface area contributed by atoms with Crippen LogP contribution in [0.25, 0.3) is 0 Å². The summed E-state index contributed by atoms with van der Waals surface area (Å²) in [5.41, 5.74) is 1.03. The molecule has 1 amide bonds. The molecule has 4 nitrogen and oxygen atoms in total. The zero-order chi connectivity index (χ0) is 9.68. The van der Waals surface area contributed by atoms with E-state index in [4.69, 9.17) is 0 Å². The summed E-state index contributed by atoms with van der Waals surface area (Å²) in [5, 5.41) is 0. The number of nitrogens with one attached hydrogen (secondary N) is 1. The van der Waals surface area contributed by atoms with E-state index in [9.17, 15) is 4.79 Å². The van der Waals surface area contributed by atoms with Gasteiger partial charge in [-0.1, -0.05) is 6.92 Å². The number of carbonyl (C=O) groups excluding carboxylic acids is 1. The lowest BCUT2D eigenvalue weighted by molar-refractivity contribution is -0.118. The summed E-state index contributed by atoms with van der Waals surface area (Å²) in [6, 6.07) is 0. The Kier molecular flexibility index (Phi) is 3.49. The van der Waals surface area contributed by atoms with Gasteiger partial charge in [-0.05, 0) is 13.3 Å². The van der Waals surface area contributed by atoms with Crippen molar-refractivity contribution in [2.24, 2.45) is 0 Å². The first-order chi connectivity index (χ1) is 6.26. The second kappa shape index (κ2) is 4.64. The topological polar surface area (TPSA) is 49.0 Å². The van der Waals surface area contributed by atoms with Gasteiger partial charge in [0.2, 0.25) is 6.41 Å². The molecule has 72 valence electrons. The van der Waals surface area contributed by atoms with Gasteiger partial charge in [0.25, 0.3) is 0 Å². The van der Waals surface area contributed by atoms with Crippen LogP contribution < -0.4 is 0 Å². The van der Waals surface area contributed by atoms with E-state index < -0.39 is 0 Å². The highest BCUT2D eigenvalue weighted by molar-refractivity contribution is 5.46. The van der Waals surface area contributed by atoms with Crippen LogP contribution in [0, 0.1) is 6.92 Å². The number of nitrogens with zero attached hydrogens (tertiary/aromatic N) is 2. The van der Waals surface area contributed by atoms with E-state index in [1.54, 1.807) is 11.1 Å². The summed E-state index contributed by atoms with van der Waals surface area (Å²) >= 11 is 0. The largest absolute Gasteiger partial charge is 0.345 e. The van der Waals surface area contributed by atoms with Crippen molar-refractivity contribution in [2.75, 3.05) is 6.54 Å². The van der Waals surface area contributed by atoms with Crippen LogP contribution in [0.1, 0.15) is 24.9 Å². The van der Waals surface area contributed by atoms with E-state index in [2.05, 4.69) is 9.97 Å². The van der Waals surface area contributed by atoms with Crippen molar-refractivity contribution in [3.8, 4) is 0 Å². The molecule has 0 saturated heterocycles. The summed E-state index contributed by atoms with van der Waals surface area (Å²) < 4.78 is 0. The minimum atomic E-state index is 0.575. The number of rotatable bonds is 5. The van der Waals surface area contributed by atoms with Crippen LogP contribution in [0.15, 0.2) is 6.20 Å². The molecule has 1 heterocycles. The van der Waals surface area contributed by atoms with Crippen molar-refractivity contribution in [3.63, 3.8) is 0 Å². The van der Waals surface area contributed by atoms with Gasteiger partial charge in [0.15, 0.2) is 0 Å². The SMILES string of the molecule is CCCN(C=O)Cc1ncc(C)[nH]1. The second-order valence-electron chi connectivity index (χ2n) is 3.09. The number of aromatic nitrogens is 2. The summed E-state index contributed by atoms with van der Waals surface area (Å²) in [6.07, 6.45) is 3.60. The van der Waals surface area contributed by atoms with Gasteiger partial charge in [-0.2, -0.15) is 0 Å². The Morgan fingerprint density at radius 2 is 2.46 bits per heavy atom. The zero-order valence-corrected chi connectivity index (χ0v) is 8.08. The summed E-state index contributed by atoms with van der Waals surface area (Å²) in [6.45, 7) is 5.35.